The summed E-state index contributed by atoms with van der Waals surface area (Å²) in [5.74, 6) is 0.514. The van der Waals surface area contributed by atoms with Gasteiger partial charge in [-0.3, -0.25) is 4.79 Å². The number of aromatic amines is 1. The van der Waals surface area contributed by atoms with Crippen molar-refractivity contribution in [3.8, 4) is 11.4 Å². The number of benzene rings is 2. The highest BCUT2D eigenvalue weighted by molar-refractivity contribution is 9.10. The number of nitrogens with zero attached hydrogens (tertiary/aromatic N) is 1. The van der Waals surface area contributed by atoms with Crippen LogP contribution < -0.4 is 5.32 Å². The lowest BCUT2D eigenvalue weighted by Crippen LogP contribution is -2.11. The summed E-state index contributed by atoms with van der Waals surface area (Å²) in [6, 6.07) is 16.3. The summed E-state index contributed by atoms with van der Waals surface area (Å²) >= 11 is 9.39. The smallest absolute Gasteiger partial charge is 0.291 e. The van der Waals surface area contributed by atoms with Crippen LogP contribution in [0.15, 0.2) is 63.7 Å². The molecule has 2 aromatic heterocycles. The molecule has 1 amide bonds. The van der Waals surface area contributed by atoms with Gasteiger partial charge in [0.1, 0.15) is 5.82 Å². The van der Waals surface area contributed by atoms with Crippen molar-refractivity contribution < 1.29 is 9.21 Å². The van der Waals surface area contributed by atoms with E-state index in [4.69, 9.17) is 16.0 Å². The average Bonchev–Trinajstić information content (AvgIpc) is 3.23. The molecule has 2 N–H and O–H groups in total. The van der Waals surface area contributed by atoms with Gasteiger partial charge in [-0.1, -0.05) is 23.7 Å². The third-order valence-corrected chi connectivity index (χ3v) is 4.43. The molecule has 0 aliphatic heterocycles. The summed E-state index contributed by atoms with van der Waals surface area (Å²) in [5, 5.41) is 3.19. The Labute approximate surface area is 156 Å². The Morgan fingerprint density at radius 3 is 2.76 bits per heavy atom. The van der Waals surface area contributed by atoms with Crippen LogP contribution in [0.2, 0.25) is 5.02 Å². The third kappa shape index (κ3) is 3.18. The lowest BCUT2D eigenvalue weighted by atomic mass is 10.2. The number of hydrogen-bond donors (Lipinski definition) is 2. The van der Waals surface area contributed by atoms with Gasteiger partial charge in [-0.05, 0) is 58.4 Å². The number of para-hydroxylation sites is 2. The fourth-order valence-electron chi connectivity index (χ4n) is 2.48. The van der Waals surface area contributed by atoms with Gasteiger partial charge in [0, 0.05) is 5.56 Å². The topological polar surface area (TPSA) is 70.9 Å². The van der Waals surface area contributed by atoms with Crippen LogP contribution >= 0.6 is 27.5 Å². The standard InChI is InChI=1S/C18H11BrClN3O2/c19-16-8-7-15(25-16)18(24)23-14-9-10(5-6-11(14)20)17-21-12-3-1-2-4-13(12)22-17/h1-9H,(H,21,22)(H,23,24). The Bertz CT molecular complexity index is 1050. The van der Waals surface area contributed by atoms with Crippen LogP contribution in [0.5, 0.6) is 0 Å². The Kier molecular flexibility index (Phi) is 4.07. The van der Waals surface area contributed by atoms with E-state index in [9.17, 15) is 4.79 Å². The number of hydrogen-bond acceptors (Lipinski definition) is 3. The number of nitrogens with one attached hydrogen (secondary N) is 2. The second-order valence-corrected chi connectivity index (χ2v) is 6.54. The molecule has 2 aromatic carbocycles. The van der Waals surface area contributed by atoms with E-state index in [0.717, 1.165) is 16.6 Å². The Hall–Kier alpha value is -2.57. The second-order valence-electron chi connectivity index (χ2n) is 5.36. The average molecular weight is 417 g/mol. The minimum Gasteiger partial charge on any atom is -0.444 e. The predicted octanol–water partition coefficient (Wildman–Crippen LogP) is 5.49. The highest BCUT2D eigenvalue weighted by atomic mass is 79.9. The largest absolute Gasteiger partial charge is 0.444 e. The first-order valence-corrected chi connectivity index (χ1v) is 8.58. The van der Waals surface area contributed by atoms with E-state index in [-0.39, 0.29) is 11.7 Å². The van der Waals surface area contributed by atoms with Gasteiger partial charge in [-0.2, -0.15) is 0 Å². The Morgan fingerprint density at radius 1 is 1.16 bits per heavy atom. The summed E-state index contributed by atoms with van der Waals surface area (Å²) in [4.78, 5) is 20.1. The molecule has 0 saturated carbocycles. The van der Waals surface area contributed by atoms with Crippen molar-refractivity contribution in [2.75, 3.05) is 5.32 Å². The van der Waals surface area contributed by atoms with Gasteiger partial charge < -0.3 is 14.7 Å². The summed E-state index contributed by atoms with van der Waals surface area (Å²) in [6.07, 6.45) is 0. The molecule has 5 nitrogen and oxygen atoms in total. The van der Waals surface area contributed by atoms with Crippen LogP contribution in [-0.2, 0) is 0 Å². The minimum absolute atomic E-state index is 0.192. The van der Waals surface area contributed by atoms with E-state index >= 15 is 0 Å². The second kappa shape index (κ2) is 6.38. The maximum atomic E-state index is 12.3. The van der Waals surface area contributed by atoms with E-state index in [2.05, 4.69) is 31.2 Å². The van der Waals surface area contributed by atoms with Crippen molar-refractivity contribution in [3.05, 3.63) is 70.0 Å². The van der Waals surface area contributed by atoms with Crippen molar-refractivity contribution in [2.24, 2.45) is 0 Å². The molecule has 0 radical (unpaired) electrons. The lowest BCUT2D eigenvalue weighted by molar-refractivity contribution is 0.0995. The number of carbonyl (C=O) groups is 1. The van der Waals surface area contributed by atoms with Crippen LogP contribution in [0.25, 0.3) is 22.4 Å². The normalized spacial score (nSPS) is 11.0. The summed E-state index contributed by atoms with van der Waals surface area (Å²) < 4.78 is 5.74. The molecule has 7 heteroatoms. The number of carbonyl (C=O) groups excluding carboxylic acids is 1. The number of halogens is 2. The zero-order chi connectivity index (χ0) is 17.4. The van der Waals surface area contributed by atoms with Crippen molar-refractivity contribution >= 4 is 50.2 Å². The Balaban J connectivity index is 1.67. The van der Waals surface area contributed by atoms with Crippen LogP contribution in [0, 0.1) is 0 Å². The van der Waals surface area contributed by atoms with Gasteiger partial charge in [-0.25, -0.2) is 4.98 Å². The number of imidazole rings is 1. The maximum Gasteiger partial charge on any atom is 0.291 e. The van der Waals surface area contributed by atoms with Gasteiger partial charge >= 0.3 is 0 Å². The quantitative estimate of drug-likeness (QED) is 0.464. The van der Waals surface area contributed by atoms with Crippen LogP contribution in [0.3, 0.4) is 0 Å². The van der Waals surface area contributed by atoms with Crippen LogP contribution in [0.1, 0.15) is 10.6 Å². The lowest BCUT2D eigenvalue weighted by Gasteiger charge is -2.07. The number of fused-ring (bicyclic) bond motifs is 1. The molecule has 124 valence electrons. The van der Waals surface area contributed by atoms with E-state index in [1.54, 1.807) is 24.3 Å². The van der Waals surface area contributed by atoms with Crippen molar-refractivity contribution in [2.45, 2.75) is 0 Å². The van der Waals surface area contributed by atoms with Gasteiger partial charge in [-0.15, -0.1) is 0 Å². The molecule has 4 aromatic rings. The van der Waals surface area contributed by atoms with E-state index in [1.807, 2.05) is 30.3 Å². The molecule has 2 heterocycles. The molecule has 4 rings (SSSR count). The molecule has 0 aliphatic rings. The number of anilines is 1. The molecule has 0 bridgehead atoms. The predicted molar refractivity (Wildman–Crippen MR) is 101 cm³/mol. The highest BCUT2D eigenvalue weighted by Crippen LogP contribution is 2.29. The number of rotatable bonds is 3. The maximum absolute atomic E-state index is 12.3. The monoisotopic (exact) mass is 415 g/mol. The molecule has 25 heavy (non-hydrogen) atoms. The van der Waals surface area contributed by atoms with Crippen LogP contribution in [0.4, 0.5) is 5.69 Å². The molecule has 0 fully saturated rings. The molecule has 0 spiro atoms. The number of H-pyrrole nitrogens is 1. The SMILES string of the molecule is O=C(Nc1cc(-c2nc3ccccc3[nH]2)ccc1Cl)c1ccc(Br)o1. The Morgan fingerprint density at radius 2 is 2.00 bits per heavy atom. The summed E-state index contributed by atoms with van der Waals surface area (Å²) in [5.41, 5.74) is 3.12. The first kappa shape index (κ1) is 15.9. The fraction of sp³-hybridized carbons (Fsp3) is 0. The van der Waals surface area contributed by atoms with Crippen molar-refractivity contribution in [3.63, 3.8) is 0 Å². The molecular formula is C18H11BrClN3O2. The van der Waals surface area contributed by atoms with Gasteiger partial charge in [0.2, 0.25) is 0 Å². The van der Waals surface area contributed by atoms with Crippen molar-refractivity contribution in [1.82, 2.24) is 9.97 Å². The molecular weight excluding hydrogens is 406 g/mol. The van der Waals surface area contributed by atoms with Gasteiger partial charge in [0.05, 0.1) is 21.7 Å². The fourth-order valence-corrected chi connectivity index (χ4v) is 2.95. The zero-order valence-electron chi connectivity index (χ0n) is 12.7. The number of amides is 1. The minimum atomic E-state index is -0.380. The summed E-state index contributed by atoms with van der Waals surface area (Å²) in [7, 11) is 0. The highest BCUT2D eigenvalue weighted by Gasteiger charge is 2.14. The van der Waals surface area contributed by atoms with Crippen molar-refractivity contribution in [1.29, 1.82) is 0 Å². The summed E-state index contributed by atoms with van der Waals surface area (Å²) in [6.45, 7) is 0. The van der Waals surface area contributed by atoms with Crippen LogP contribution in [-0.4, -0.2) is 15.9 Å². The first-order chi connectivity index (χ1) is 12.1. The van der Waals surface area contributed by atoms with Gasteiger partial charge in [0.15, 0.2) is 10.4 Å². The van der Waals surface area contributed by atoms with E-state index in [1.165, 1.54) is 0 Å². The van der Waals surface area contributed by atoms with E-state index < -0.39 is 0 Å². The molecule has 0 aliphatic carbocycles. The molecule has 0 atom stereocenters. The number of furan rings is 1. The number of aromatic nitrogens is 2. The molecule has 0 saturated heterocycles. The first-order valence-electron chi connectivity index (χ1n) is 7.41. The van der Waals surface area contributed by atoms with E-state index in [0.29, 0.717) is 21.2 Å². The third-order valence-electron chi connectivity index (χ3n) is 3.67. The van der Waals surface area contributed by atoms with Gasteiger partial charge in [0.25, 0.3) is 5.91 Å². The zero-order valence-corrected chi connectivity index (χ0v) is 15.1. The molecule has 0 unspecified atom stereocenters.